The van der Waals surface area contributed by atoms with Crippen molar-refractivity contribution >= 4 is 34.4 Å². The van der Waals surface area contributed by atoms with E-state index < -0.39 is 0 Å². The minimum Gasteiger partial charge on any atom is -0.350 e. The van der Waals surface area contributed by atoms with Gasteiger partial charge in [0.1, 0.15) is 0 Å². The average molecular weight is 386 g/mol. The average Bonchev–Trinajstić information content (AvgIpc) is 2.92. The fourth-order valence-electron chi connectivity index (χ4n) is 2.90. The van der Waals surface area contributed by atoms with Crippen molar-refractivity contribution in [2.75, 3.05) is 13.1 Å². The number of pyridine rings is 1. The molecule has 0 saturated heterocycles. The van der Waals surface area contributed by atoms with Crippen LogP contribution >= 0.6 is 11.6 Å². The van der Waals surface area contributed by atoms with Crippen LogP contribution in [0.4, 0.5) is 0 Å². The summed E-state index contributed by atoms with van der Waals surface area (Å²) in [5, 5.41) is 11.3. The third-order valence-corrected chi connectivity index (χ3v) is 4.40. The highest BCUT2D eigenvalue weighted by Crippen LogP contribution is 2.21. The molecule has 140 valence electrons. The zero-order chi connectivity index (χ0) is 19.6. The summed E-state index contributed by atoms with van der Waals surface area (Å²) in [6.45, 7) is 4.31. The van der Waals surface area contributed by atoms with E-state index in [9.17, 15) is 9.59 Å². The second-order valence-electron chi connectivity index (χ2n) is 6.24. The summed E-state index contributed by atoms with van der Waals surface area (Å²) >= 11 is 5.81. The summed E-state index contributed by atoms with van der Waals surface area (Å²) in [6, 6.07) is 8.37. The molecule has 2 heterocycles. The Labute approximate surface area is 161 Å². The van der Waals surface area contributed by atoms with Crippen LogP contribution in [-0.2, 0) is 7.05 Å². The van der Waals surface area contributed by atoms with E-state index in [0.717, 1.165) is 16.8 Å². The lowest BCUT2D eigenvalue weighted by atomic mass is 10.1. The maximum absolute atomic E-state index is 12.6. The largest absolute Gasteiger partial charge is 0.350 e. The first kappa shape index (κ1) is 18.8. The van der Waals surface area contributed by atoms with Crippen molar-refractivity contribution in [2.45, 2.75) is 13.8 Å². The molecule has 0 saturated carbocycles. The third-order valence-electron chi connectivity index (χ3n) is 4.14. The van der Waals surface area contributed by atoms with Gasteiger partial charge in [0.05, 0.1) is 16.6 Å². The van der Waals surface area contributed by atoms with E-state index >= 15 is 0 Å². The summed E-state index contributed by atoms with van der Waals surface area (Å²) in [6.07, 6.45) is 0. The van der Waals surface area contributed by atoms with E-state index in [0.29, 0.717) is 34.9 Å². The fourth-order valence-corrected chi connectivity index (χ4v) is 3.03. The number of hydrogen-bond acceptors (Lipinski definition) is 4. The Morgan fingerprint density at radius 3 is 2.37 bits per heavy atom. The van der Waals surface area contributed by atoms with Crippen LogP contribution in [0.5, 0.6) is 0 Å². The predicted molar refractivity (Wildman–Crippen MR) is 104 cm³/mol. The number of nitrogens with one attached hydrogen (secondary N) is 2. The van der Waals surface area contributed by atoms with Crippen molar-refractivity contribution in [1.29, 1.82) is 0 Å². The Hall–Kier alpha value is -2.93. The maximum Gasteiger partial charge on any atom is 0.252 e. The molecule has 7 nitrogen and oxygen atoms in total. The molecule has 0 fully saturated rings. The standard InChI is InChI=1S/C19H20ClN5O2/c1-11-10-15(16-12(2)24-25(3)17(16)23-11)19(27)22-9-8-21-18(26)13-4-6-14(20)7-5-13/h4-7,10H,8-9H2,1-3H3,(H,21,26)(H,22,27). The van der Waals surface area contributed by atoms with Gasteiger partial charge >= 0.3 is 0 Å². The molecule has 1 aromatic carbocycles. The lowest BCUT2D eigenvalue weighted by Gasteiger charge is -2.09. The summed E-state index contributed by atoms with van der Waals surface area (Å²) in [5.41, 5.74) is 3.22. The molecule has 0 atom stereocenters. The van der Waals surface area contributed by atoms with Gasteiger partial charge < -0.3 is 10.6 Å². The number of fused-ring (bicyclic) bond motifs is 1. The number of nitrogens with zero attached hydrogens (tertiary/aromatic N) is 3. The molecule has 0 aliphatic carbocycles. The second kappa shape index (κ2) is 7.75. The summed E-state index contributed by atoms with van der Waals surface area (Å²) in [4.78, 5) is 29.1. The van der Waals surface area contributed by atoms with Gasteiger partial charge in [0.2, 0.25) is 0 Å². The van der Waals surface area contributed by atoms with Gasteiger partial charge in [0.25, 0.3) is 11.8 Å². The van der Waals surface area contributed by atoms with Gasteiger partial charge in [-0.05, 0) is 44.2 Å². The Morgan fingerprint density at radius 1 is 1.07 bits per heavy atom. The highest BCUT2D eigenvalue weighted by atomic mass is 35.5. The quantitative estimate of drug-likeness (QED) is 0.660. The first-order chi connectivity index (χ1) is 12.9. The van der Waals surface area contributed by atoms with Crippen LogP contribution in [0.25, 0.3) is 11.0 Å². The molecule has 8 heteroatoms. The second-order valence-corrected chi connectivity index (χ2v) is 6.67. The van der Waals surface area contributed by atoms with Crippen LogP contribution in [0.1, 0.15) is 32.1 Å². The van der Waals surface area contributed by atoms with Crippen molar-refractivity contribution in [3.63, 3.8) is 0 Å². The highest BCUT2D eigenvalue weighted by molar-refractivity contribution is 6.30. The van der Waals surface area contributed by atoms with E-state index in [-0.39, 0.29) is 11.8 Å². The number of amides is 2. The van der Waals surface area contributed by atoms with Crippen LogP contribution in [0, 0.1) is 13.8 Å². The zero-order valence-electron chi connectivity index (χ0n) is 15.3. The van der Waals surface area contributed by atoms with Crippen LogP contribution in [0.15, 0.2) is 30.3 Å². The molecule has 0 unspecified atom stereocenters. The maximum atomic E-state index is 12.6. The van der Waals surface area contributed by atoms with Crippen LogP contribution in [0.2, 0.25) is 5.02 Å². The SMILES string of the molecule is Cc1cc(C(=O)NCCNC(=O)c2ccc(Cl)cc2)c2c(C)nn(C)c2n1. The van der Waals surface area contributed by atoms with E-state index in [4.69, 9.17) is 11.6 Å². The minimum atomic E-state index is -0.220. The van der Waals surface area contributed by atoms with E-state index in [1.807, 2.05) is 13.8 Å². The summed E-state index contributed by atoms with van der Waals surface area (Å²) in [5.74, 6) is -0.437. The molecule has 3 rings (SSSR count). The van der Waals surface area contributed by atoms with Gasteiger partial charge in [-0.2, -0.15) is 5.10 Å². The number of carbonyl (C=O) groups is 2. The Balaban J connectivity index is 1.62. The number of aromatic nitrogens is 3. The third kappa shape index (κ3) is 4.09. The predicted octanol–water partition coefficient (Wildman–Crippen LogP) is 2.40. The number of hydrogen-bond donors (Lipinski definition) is 2. The van der Waals surface area contributed by atoms with E-state index in [2.05, 4.69) is 20.7 Å². The van der Waals surface area contributed by atoms with Gasteiger partial charge in [-0.25, -0.2) is 4.98 Å². The number of aryl methyl sites for hydroxylation is 3. The van der Waals surface area contributed by atoms with Crippen molar-refractivity contribution < 1.29 is 9.59 Å². The van der Waals surface area contributed by atoms with Gasteiger partial charge in [-0.1, -0.05) is 11.6 Å². The lowest BCUT2D eigenvalue weighted by Crippen LogP contribution is -2.34. The molecule has 0 bridgehead atoms. The molecule has 0 radical (unpaired) electrons. The molecular formula is C19H20ClN5O2. The topological polar surface area (TPSA) is 88.9 Å². The van der Waals surface area contributed by atoms with Crippen LogP contribution in [-0.4, -0.2) is 39.7 Å². The number of halogens is 1. The lowest BCUT2D eigenvalue weighted by molar-refractivity contribution is 0.0928. The van der Waals surface area contributed by atoms with Gasteiger partial charge in [-0.15, -0.1) is 0 Å². The highest BCUT2D eigenvalue weighted by Gasteiger charge is 2.17. The first-order valence-electron chi connectivity index (χ1n) is 8.49. The zero-order valence-corrected chi connectivity index (χ0v) is 16.1. The van der Waals surface area contributed by atoms with Gasteiger partial charge in [0, 0.05) is 36.4 Å². The van der Waals surface area contributed by atoms with Gasteiger partial charge in [0.15, 0.2) is 5.65 Å². The van der Waals surface area contributed by atoms with E-state index in [1.165, 1.54) is 0 Å². The number of carbonyl (C=O) groups excluding carboxylic acids is 2. The molecule has 0 aliphatic rings. The van der Waals surface area contributed by atoms with Crippen molar-refractivity contribution in [1.82, 2.24) is 25.4 Å². The molecule has 27 heavy (non-hydrogen) atoms. The Bertz CT molecular complexity index is 1010. The van der Waals surface area contributed by atoms with Crippen LogP contribution in [0.3, 0.4) is 0 Å². The van der Waals surface area contributed by atoms with Crippen molar-refractivity contribution in [2.24, 2.45) is 7.05 Å². The molecular weight excluding hydrogens is 366 g/mol. The van der Waals surface area contributed by atoms with Gasteiger partial charge in [-0.3, -0.25) is 14.3 Å². The number of rotatable bonds is 5. The van der Waals surface area contributed by atoms with Crippen molar-refractivity contribution in [3.05, 3.63) is 57.9 Å². The fraction of sp³-hybridized carbons (Fsp3) is 0.263. The molecule has 2 N–H and O–H groups in total. The van der Waals surface area contributed by atoms with E-state index in [1.54, 1.807) is 42.1 Å². The molecule has 2 aromatic heterocycles. The van der Waals surface area contributed by atoms with Crippen molar-refractivity contribution in [3.8, 4) is 0 Å². The number of benzene rings is 1. The van der Waals surface area contributed by atoms with Crippen LogP contribution < -0.4 is 10.6 Å². The Kier molecular flexibility index (Phi) is 5.41. The summed E-state index contributed by atoms with van der Waals surface area (Å²) < 4.78 is 1.67. The minimum absolute atomic E-state index is 0.217. The monoisotopic (exact) mass is 385 g/mol. The molecule has 3 aromatic rings. The molecule has 0 spiro atoms. The smallest absolute Gasteiger partial charge is 0.252 e. The molecule has 2 amide bonds. The summed E-state index contributed by atoms with van der Waals surface area (Å²) in [7, 11) is 1.80. The first-order valence-corrected chi connectivity index (χ1v) is 8.87. The normalized spacial score (nSPS) is 10.8. The molecule has 0 aliphatic heterocycles. The Morgan fingerprint density at radius 2 is 1.70 bits per heavy atom.